The van der Waals surface area contributed by atoms with Crippen LogP contribution in [0.1, 0.15) is 49.7 Å². The van der Waals surface area contributed by atoms with Crippen LogP contribution < -0.4 is 5.32 Å². The van der Waals surface area contributed by atoms with E-state index in [4.69, 9.17) is 0 Å². The van der Waals surface area contributed by atoms with Crippen molar-refractivity contribution in [1.82, 2.24) is 9.88 Å². The molecule has 4 rings (SSSR count). The summed E-state index contributed by atoms with van der Waals surface area (Å²) >= 11 is 0. The van der Waals surface area contributed by atoms with Gasteiger partial charge < -0.3 is 9.88 Å². The molecule has 1 heterocycles. The molecule has 1 fully saturated rings. The maximum Gasteiger partial charge on any atom is 0.0486 e. The summed E-state index contributed by atoms with van der Waals surface area (Å²) in [6.45, 7) is 1.91. The number of nitrogens with zero attached hydrogens (tertiary/aromatic N) is 1. The Balaban J connectivity index is 1.54. The molecule has 2 nitrogen and oxygen atoms in total. The van der Waals surface area contributed by atoms with Gasteiger partial charge in [-0.3, -0.25) is 0 Å². The van der Waals surface area contributed by atoms with Gasteiger partial charge in [0.15, 0.2) is 0 Å². The molecule has 0 amide bonds. The first-order valence-electron chi connectivity index (χ1n) is 9.74. The molecule has 0 atom stereocenters. The Morgan fingerprint density at radius 1 is 0.840 bits per heavy atom. The number of aromatic nitrogens is 1. The fourth-order valence-corrected chi connectivity index (χ4v) is 4.11. The number of benzene rings is 2. The van der Waals surface area contributed by atoms with Crippen molar-refractivity contribution >= 4 is 10.9 Å². The second-order valence-electron chi connectivity index (χ2n) is 7.35. The standard InChI is InChI=1S/C23H28N2/c1-2-7-13-21(12-6-1)24-16-20-18-25(17-19-10-4-3-5-11-19)23-15-9-8-14-22(20)23/h3-5,8-11,14-15,18,21,24H,1-2,6-7,12-13,16-17H2. The third-order valence-corrected chi connectivity index (χ3v) is 5.50. The number of fused-ring (bicyclic) bond motifs is 1. The summed E-state index contributed by atoms with van der Waals surface area (Å²) in [5.74, 6) is 0. The van der Waals surface area contributed by atoms with E-state index in [9.17, 15) is 0 Å². The number of hydrogen-bond donors (Lipinski definition) is 1. The van der Waals surface area contributed by atoms with Gasteiger partial charge in [0, 0.05) is 36.2 Å². The van der Waals surface area contributed by atoms with E-state index in [1.807, 2.05) is 0 Å². The van der Waals surface area contributed by atoms with Crippen LogP contribution in [-0.4, -0.2) is 10.6 Å². The van der Waals surface area contributed by atoms with E-state index < -0.39 is 0 Å². The van der Waals surface area contributed by atoms with Gasteiger partial charge in [0.25, 0.3) is 0 Å². The van der Waals surface area contributed by atoms with Crippen LogP contribution in [0.4, 0.5) is 0 Å². The van der Waals surface area contributed by atoms with Crippen LogP contribution in [0.25, 0.3) is 10.9 Å². The number of nitrogens with one attached hydrogen (secondary N) is 1. The van der Waals surface area contributed by atoms with Crippen LogP contribution in [0.2, 0.25) is 0 Å². The lowest BCUT2D eigenvalue weighted by Gasteiger charge is -2.15. The van der Waals surface area contributed by atoms with Gasteiger partial charge in [-0.05, 0) is 30.0 Å². The molecule has 130 valence electrons. The monoisotopic (exact) mass is 332 g/mol. The zero-order valence-corrected chi connectivity index (χ0v) is 15.0. The van der Waals surface area contributed by atoms with E-state index in [1.165, 1.54) is 60.6 Å². The molecule has 1 saturated carbocycles. The van der Waals surface area contributed by atoms with Gasteiger partial charge in [-0.15, -0.1) is 0 Å². The summed E-state index contributed by atoms with van der Waals surface area (Å²) in [4.78, 5) is 0. The smallest absolute Gasteiger partial charge is 0.0486 e. The second-order valence-corrected chi connectivity index (χ2v) is 7.35. The molecule has 0 saturated heterocycles. The minimum absolute atomic E-state index is 0.693. The molecule has 1 aliphatic carbocycles. The lowest BCUT2D eigenvalue weighted by atomic mass is 10.1. The minimum Gasteiger partial charge on any atom is -0.343 e. The zero-order valence-electron chi connectivity index (χ0n) is 15.0. The highest BCUT2D eigenvalue weighted by Crippen LogP contribution is 2.23. The van der Waals surface area contributed by atoms with E-state index in [0.29, 0.717) is 6.04 Å². The van der Waals surface area contributed by atoms with Crippen LogP contribution in [0.3, 0.4) is 0 Å². The molecule has 25 heavy (non-hydrogen) atoms. The van der Waals surface area contributed by atoms with Crippen LogP contribution in [0.5, 0.6) is 0 Å². The highest BCUT2D eigenvalue weighted by molar-refractivity contribution is 5.84. The average molecular weight is 332 g/mol. The first-order chi connectivity index (χ1) is 12.4. The first-order valence-corrected chi connectivity index (χ1v) is 9.74. The Morgan fingerprint density at radius 2 is 1.56 bits per heavy atom. The highest BCUT2D eigenvalue weighted by atomic mass is 15.0. The van der Waals surface area contributed by atoms with Crippen LogP contribution in [0.15, 0.2) is 60.8 Å². The zero-order chi connectivity index (χ0) is 16.9. The second kappa shape index (κ2) is 7.88. The van der Waals surface area contributed by atoms with Gasteiger partial charge in [0.05, 0.1) is 0 Å². The highest BCUT2D eigenvalue weighted by Gasteiger charge is 2.13. The van der Waals surface area contributed by atoms with Gasteiger partial charge in [-0.25, -0.2) is 0 Å². The van der Waals surface area contributed by atoms with Crippen molar-refractivity contribution < 1.29 is 0 Å². The van der Waals surface area contributed by atoms with Crippen molar-refractivity contribution in [1.29, 1.82) is 0 Å². The molecule has 2 aromatic carbocycles. The van der Waals surface area contributed by atoms with Crippen LogP contribution >= 0.6 is 0 Å². The molecule has 0 radical (unpaired) electrons. The third-order valence-electron chi connectivity index (χ3n) is 5.50. The number of para-hydroxylation sites is 1. The molecule has 1 N–H and O–H groups in total. The molecule has 1 aromatic heterocycles. The van der Waals surface area contributed by atoms with Gasteiger partial charge >= 0.3 is 0 Å². The SMILES string of the molecule is c1ccc(Cn2cc(CNC3CCCCCC3)c3ccccc32)cc1. The van der Waals surface area contributed by atoms with Crippen molar-refractivity contribution in [2.75, 3.05) is 0 Å². The Morgan fingerprint density at radius 3 is 2.36 bits per heavy atom. The summed E-state index contributed by atoms with van der Waals surface area (Å²) in [7, 11) is 0. The average Bonchev–Trinajstić information content (AvgIpc) is 2.83. The first kappa shape index (κ1) is 16.4. The largest absolute Gasteiger partial charge is 0.343 e. The van der Waals surface area contributed by atoms with Crippen molar-refractivity contribution in [2.24, 2.45) is 0 Å². The van der Waals surface area contributed by atoms with Gasteiger partial charge in [0.2, 0.25) is 0 Å². The summed E-state index contributed by atoms with van der Waals surface area (Å²) in [5, 5.41) is 5.22. The van der Waals surface area contributed by atoms with E-state index in [2.05, 4.69) is 70.7 Å². The van der Waals surface area contributed by atoms with Crippen molar-refractivity contribution in [3.8, 4) is 0 Å². The quantitative estimate of drug-likeness (QED) is 0.610. The lowest BCUT2D eigenvalue weighted by Crippen LogP contribution is -2.27. The van der Waals surface area contributed by atoms with E-state index in [0.717, 1.165) is 13.1 Å². The molecular formula is C23H28N2. The third kappa shape index (κ3) is 3.96. The molecule has 3 aromatic rings. The topological polar surface area (TPSA) is 17.0 Å². The molecule has 2 heteroatoms. The Hall–Kier alpha value is -2.06. The maximum absolute atomic E-state index is 3.83. The fraction of sp³-hybridized carbons (Fsp3) is 0.391. The van der Waals surface area contributed by atoms with Crippen molar-refractivity contribution in [2.45, 2.75) is 57.7 Å². The summed E-state index contributed by atoms with van der Waals surface area (Å²) in [6.07, 6.45) is 10.6. The summed E-state index contributed by atoms with van der Waals surface area (Å²) in [6, 6.07) is 20.2. The maximum atomic E-state index is 3.83. The van der Waals surface area contributed by atoms with Crippen molar-refractivity contribution in [3.63, 3.8) is 0 Å². The minimum atomic E-state index is 0.693. The summed E-state index contributed by atoms with van der Waals surface area (Å²) < 4.78 is 2.40. The number of rotatable bonds is 5. The molecular weight excluding hydrogens is 304 g/mol. The molecule has 0 spiro atoms. The summed E-state index contributed by atoms with van der Waals surface area (Å²) in [5.41, 5.74) is 4.12. The lowest BCUT2D eigenvalue weighted by molar-refractivity contribution is 0.459. The van der Waals surface area contributed by atoms with Crippen molar-refractivity contribution in [3.05, 3.63) is 71.9 Å². The van der Waals surface area contributed by atoms with E-state index in [-0.39, 0.29) is 0 Å². The molecule has 0 unspecified atom stereocenters. The van der Waals surface area contributed by atoms with E-state index >= 15 is 0 Å². The number of hydrogen-bond acceptors (Lipinski definition) is 1. The van der Waals surface area contributed by atoms with Gasteiger partial charge in [0.1, 0.15) is 0 Å². The predicted molar refractivity (Wildman–Crippen MR) is 106 cm³/mol. The normalized spacial score (nSPS) is 16.2. The fourth-order valence-electron chi connectivity index (χ4n) is 4.11. The molecule has 0 aliphatic heterocycles. The van der Waals surface area contributed by atoms with Crippen LogP contribution in [-0.2, 0) is 13.1 Å². The molecule has 0 bridgehead atoms. The predicted octanol–water partition coefficient (Wildman–Crippen LogP) is 5.50. The van der Waals surface area contributed by atoms with Crippen LogP contribution in [0, 0.1) is 0 Å². The van der Waals surface area contributed by atoms with E-state index in [1.54, 1.807) is 0 Å². The van der Waals surface area contributed by atoms with Gasteiger partial charge in [-0.2, -0.15) is 0 Å². The Labute approximate surface area is 150 Å². The van der Waals surface area contributed by atoms with Gasteiger partial charge in [-0.1, -0.05) is 74.2 Å². The Kier molecular flexibility index (Phi) is 5.17. The molecule has 1 aliphatic rings. The Bertz CT molecular complexity index is 795.